The number of aromatic amines is 1. The molecule has 5 rings (SSSR count). The highest BCUT2D eigenvalue weighted by Gasteiger charge is 2.25. The van der Waals surface area contributed by atoms with E-state index in [4.69, 9.17) is 9.47 Å². The van der Waals surface area contributed by atoms with Crippen molar-refractivity contribution in [3.8, 4) is 0 Å². The van der Waals surface area contributed by atoms with E-state index in [2.05, 4.69) is 18.8 Å². The van der Waals surface area contributed by atoms with E-state index in [1.807, 2.05) is 86.9 Å². The van der Waals surface area contributed by atoms with Crippen molar-refractivity contribution in [2.24, 2.45) is 0 Å². The summed E-state index contributed by atoms with van der Waals surface area (Å²) in [7, 11) is 0. The second-order valence-electron chi connectivity index (χ2n) is 13.0. The molecule has 0 unspecified atom stereocenters. The van der Waals surface area contributed by atoms with Crippen LogP contribution in [0.4, 0.5) is 9.59 Å². The van der Waals surface area contributed by atoms with Gasteiger partial charge in [-0.1, -0.05) is 74.5 Å². The lowest BCUT2D eigenvalue weighted by molar-refractivity contribution is 0.140. The smallest absolute Gasteiger partial charge is 0.418 e. The highest BCUT2D eigenvalue weighted by Crippen LogP contribution is 2.30. The highest BCUT2D eigenvalue weighted by atomic mass is 16.6. The van der Waals surface area contributed by atoms with Crippen LogP contribution in [0.5, 0.6) is 0 Å². The van der Waals surface area contributed by atoms with Gasteiger partial charge in [0.2, 0.25) is 0 Å². The first kappa shape index (κ1) is 37.4. The van der Waals surface area contributed by atoms with Gasteiger partial charge in [-0.25, -0.2) is 9.59 Å². The van der Waals surface area contributed by atoms with Gasteiger partial charge in [0.25, 0.3) is 0 Å². The number of nitrogens with one attached hydrogen (secondary N) is 1. The second-order valence-corrected chi connectivity index (χ2v) is 13.0. The maximum absolute atomic E-state index is 13.6. The van der Waals surface area contributed by atoms with Crippen LogP contribution >= 0.6 is 0 Å². The zero-order valence-electron chi connectivity index (χ0n) is 30.3. The van der Waals surface area contributed by atoms with Gasteiger partial charge in [-0.2, -0.15) is 0 Å². The monoisotopic (exact) mass is 693 g/mol. The predicted molar refractivity (Wildman–Crippen MR) is 198 cm³/mol. The van der Waals surface area contributed by atoms with Gasteiger partial charge in [-0.3, -0.25) is 9.13 Å². The van der Waals surface area contributed by atoms with Crippen LogP contribution in [-0.4, -0.2) is 49.7 Å². The average Bonchev–Trinajstić information content (AvgIpc) is 3.77. The van der Waals surface area contributed by atoms with Crippen LogP contribution in [0.15, 0.2) is 73.1 Å². The van der Waals surface area contributed by atoms with E-state index in [1.54, 1.807) is 9.13 Å². The van der Waals surface area contributed by atoms with Crippen molar-refractivity contribution in [3.05, 3.63) is 140 Å². The maximum Gasteiger partial charge on any atom is 0.418 e. The molecule has 5 aromatic rings. The number of ether oxygens (including phenoxy) is 2. The Hall–Kier alpha value is -4.86. The number of aliphatic hydroxyl groups excluding tert-OH is 2. The number of nitrogens with zero attached hydrogens (tertiary/aromatic N) is 2. The molecule has 0 aliphatic carbocycles. The molecule has 3 aromatic heterocycles. The number of carbonyl (C=O) groups is 2. The number of aryl methyl sites for hydroxylation is 2. The van der Waals surface area contributed by atoms with Gasteiger partial charge in [0.1, 0.15) is 13.2 Å². The largest absolute Gasteiger partial charge is 0.444 e. The standard InChI is InChI=1S/C42H51N3O6/c1-5-33-34(6-2)38(24-40-36(20-14-22-47)30(4)26-45(40)42(49)51-28-32-17-11-8-12-18-32)43-37(33)23-39-35(19-13-21-46)29(3)25-44(39)41(48)50-27-31-15-9-7-10-16-31/h7-12,15-18,25-26,43,46-47H,5-6,13-14,19-24,27-28H2,1-4H3. The van der Waals surface area contributed by atoms with Gasteiger partial charge in [-0.15, -0.1) is 0 Å². The topological polar surface area (TPSA) is 119 Å². The molecule has 0 saturated heterocycles. The SMILES string of the molecule is CCc1c(Cc2c(CCCO)c(C)cn2C(=O)OCc2ccccc2)[nH]c(Cc2c(CCCO)c(C)cn2C(=O)OCc2ccccc2)c1CC. The number of aromatic nitrogens is 3. The Morgan fingerprint density at radius 3 is 1.37 bits per heavy atom. The molecule has 0 spiro atoms. The van der Waals surface area contributed by atoms with Gasteiger partial charge < -0.3 is 24.7 Å². The fourth-order valence-corrected chi connectivity index (χ4v) is 7.11. The molecule has 0 aliphatic heterocycles. The minimum atomic E-state index is -0.441. The van der Waals surface area contributed by atoms with Crippen molar-refractivity contribution in [2.75, 3.05) is 13.2 Å². The second kappa shape index (κ2) is 17.9. The van der Waals surface area contributed by atoms with E-state index in [1.165, 1.54) is 11.1 Å². The molecule has 9 nitrogen and oxygen atoms in total. The summed E-state index contributed by atoms with van der Waals surface area (Å²) in [4.78, 5) is 30.9. The van der Waals surface area contributed by atoms with E-state index in [-0.39, 0.29) is 26.4 Å². The first-order valence-electron chi connectivity index (χ1n) is 18.0. The van der Waals surface area contributed by atoms with E-state index < -0.39 is 12.2 Å². The molecule has 0 amide bonds. The summed E-state index contributed by atoms with van der Waals surface area (Å²) in [5.74, 6) is 0. The van der Waals surface area contributed by atoms with Crippen molar-refractivity contribution in [1.29, 1.82) is 0 Å². The van der Waals surface area contributed by atoms with Crippen molar-refractivity contribution in [2.45, 2.75) is 92.3 Å². The fraction of sp³-hybridized carbons (Fsp3) is 0.381. The van der Waals surface area contributed by atoms with Crippen molar-refractivity contribution in [3.63, 3.8) is 0 Å². The highest BCUT2D eigenvalue weighted by molar-refractivity contribution is 5.74. The number of carbonyl (C=O) groups excluding carboxylic acids is 2. The summed E-state index contributed by atoms with van der Waals surface area (Å²) >= 11 is 0. The Kier molecular flexibility index (Phi) is 13.1. The molecule has 3 N–H and O–H groups in total. The fourth-order valence-electron chi connectivity index (χ4n) is 7.11. The van der Waals surface area contributed by atoms with Crippen molar-refractivity contribution in [1.82, 2.24) is 14.1 Å². The van der Waals surface area contributed by atoms with Crippen LogP contribution in [-0.2, 0) is 61.2 Å². The lowest BCUT2D eigenvalue weighted by Crippen LogP contribution is -2.17. The zero-order valence-corrected chi connectivity index (χ0v) is 30.3. The van der Waals surface area contributed by atoms with Gasteiger partial charge in [0.05, 0.1) is 0 Å². The summed E-state index contributed by atoms with van der Waals surface area (Å²) in [5.41, 5.74) is 12.0. The summed E-state index contributed by atoms with van der Waals surface area (Å²) in [5, 5.41) is 19.4. The Labute approximate surface area is 300 Å². The lowest BCUT2D eigenvalue weighted by atomic mass is 9.97. The quantitative estimate of drug-likeness (QED) is 0.0973. The minimum Gasteiger partial charge on any atom is -0.444 e. The molecule has 51 heavy (non-hydrogen) atoms. The molecule has 0 bridgehead atoms. The molecule has 0 saturated carbocycles. The Balaban J connectivity index is 1.50. The van der Waals surface area contributed by atoms with Gasteiger partial charge >= 0.3 is 12.2 Å². The molecule has 270 valence electrons. The zero-order chi connectivity index (χ0) is 36.3. The lowest BCUT2D eigenvalue weighted by Gasteiger charge is -2.12. The molecular formula is C42H51N3O6. The molecule has 3 heterocycles. The number of benzene rings is 2. The van der Waals surface area contributed by atoms with Crippen LogP contribution in [0, 0.1) is 13.8 Å². The third-order valence-electron chi connectivity index (χ3n) is 9.64. The third kappa shape index (κ3) is 8.90. The maximum atomic E-state index is 13.6. The number of rotatable bonds is 16. The molecular weight excluding hydrogens is 642 g/mol. The van der Waals surface area contributed by atoms with Gasteiger partial charge in [-0.05, 0) is 96.9 Å². The number of aliphatic hydroxyl groups is 2. The van der Waals surface area contributed by atoms with Crippen molar-refractivity contribution < 1.29 is 29.3 Å². The van der Waals surface area contributed by atoms with Crippen molar-refractivity contribution >= 4 is 12.2 Å². The molecule has 0 aliphatic rings. The van der Waals surface area contributed by atoms with Crippen LogP contribution in [0.3, 0.4) is 0 Å². The van der Waals surface area contributed by atoms with E-state index >= 15 is 0 Å². The average molecular weight is 694 g/mol. The van der Waals surface area contributed by atoms with Crippen LogP contribution in [0.1, 0.15) is 94.0 Å². The molecule has 0 atom stereocenters. The summed E-state index contributed by atoms with van der Waals surface area (Å²) in [6.07, 6.45) is 7.77. The predicted octanol–water partition coefficient (Wildman–Crippen LogP) is 7.76. The van der Waals surface area contributed by atoms with Crippen LogP contribution in [0.25, 0.3) is 0 Å². The van der Waals surface area contributed by atoms with E-state index in [0.717, 1.165) is 69.0 Å². The normalized spacial score (nSPS) is 11.3. The Morgan fingerprint density at radius 1 is 0.627 bits per heavy atom. The number of hydrogen-bond acceptors (Lipinski definition) is 6. The first-order chi connectivity index (χ1) is 24.8. The molecule has 0 radical (unpaired) electrons. The van der Waals surface area contributed by atoms with E-state index in [0.29, 0.717) is 38.5 Å². The van der Waals surface area contributed by atoms with E-state index in [9.17, 15) is 19.8 Å². The first-order valence-corrected chi connectivity index (χ1v) is 18.0. The molecule has 9 heteroatoms. The summed E-state index contributed by atoms with van der Waals surface area (Å²) in [6, 6.07) is 19.3. The minimum absolute atomic E-state index is 0.0564. The molecule has 0 fully saturated rings. The number of hydrogen-bond donors (Lipinski definition) is 3. The van der Waals surface area contributed by atoms with Crippen LogP contribution < -0.4 is 0 Å². The molecule has 2 aromatic carbocycles. The third-order valence-corrected chi connectivity index (χ3v) is 9.64. The van der Waals surface area contributed by atoms with Gasteiger partial charge in [0, 0.05) is 61.2 Å². The Bertz CT molecular complexity index is 1770. The summed E-state index contributed by atoms with van der Waals surface area (Å²) < 4.78 is 14.8. The Morgan fingerprint density at radius 2 is 1.02 bits per heavy atom. The van der Waals surface area contributed by atoms with Gasteiger partial charge in [0.15, 0.2) is 0 Å². The summed E-state index contributed by atoms with van der Waals surface area (Å²) in [6.45, 7) is 8.72. The number of H-pyrrole nitrogens is 1. The van der Waals surface area contributed by atoms with Crippen LogP contribution in [0.2, 0.25) is 0 Å².